The molecule has 0 radical (unpaired) electrons. The quantitative estimate of drug-likeness (QED) is 0.233. The predicted molar refractivity (Wildman–Crippen MR) is 147 cm³/mol. The van der Waals surface area contributed by atoms with Crippen molar-refractivity contribution in [1.82, 2.24) is 15.0 Å². The van der Waals surface area contributed by atoms with Crippen LogP contribution in [-0.2, 0) is 6.54 Å². The van der Waals surface area contributed by atoms with Gasteiger partial charge in [0, 0.05) is 51.7 Å². The summed E-state index contributed by atoms with van der Waals surface area (Å²) in [7, 11) is 3.14. The van der Waals surface area contributed by atoms with E-state index >= 15 is 0 Å². The van der Waals surface area contributed by atoms with E-state index in [9.17, 15) is 4.79 Å². The normalized spacial score (nSPS) is 10.8. The maximum Gasteiger partial charge on any atom is 0.253 e. The molecular formula is C28H24ClN5O3. The smallest absolute Gasteiger partial charge is 0.253 e. The van der Waals surface area contributed by atoms with E-state index in [-0.39, 0.29) is 5.56 Å². The Bertz CT molecular complexity index is 1600. The second-order valence-corrected chi connectivity index (χ2v) is 8.68. The van der Waals surface area contributed by atoms with Crippen molar-refractivity contribution in [3.63, 3.8) is 0 Å². The predicted octanol–water partition coefficient (Wildman–Crippen LogP) is 6.01. The number of fused-ring (bicyclic) bond motifs is 1. The van der Waals surface area contributed by atoms with Crippen LogP contribution in [0.4, 0.5) is 17.3 Å². The van der Waals surface area contributed by atoms with Crippen LogP contribution in [0.25, 0.3) is 22.2 Å². The SMILES string of the molecule is COc1cc2cc(CNc3ccc(Nc4nccc(-c5ccc(Cl)cc5)n4)cc3)c(=O)[nH]c2cc1OC. The van der Waals surface area contributed by atoms with Crippen molar-refractivity contribution >= 4 is 39.8 Å². The Balaban J connectivity index is 1.27. The molecule has 8 nitrogen and oxygen atoms in total. The second kappa shape index (κ2) is 10.6. The molecule has 2 aromatic heterocycles. The lowest BCUT2D eigenvalue weighted by atomic mass is 10.1. The number of hydrogen-bond acceptors (Lipinski definition) is 7. The second-order valence-electron chi connectivity index (χ2n) is 8.25. The molecule has 5 aromatic rings. The van der Waals surface area contributed by atoms with Crippen molar-refractivity contribution in [2.75, 3.05) is 24.9 Å². The molecule has 0 aliphatic carbocycles. The number of anilines is 3. The Labute approximate surface area is 218 Å². The number of nitrogens with zero attached hydrogens (tertiary/aromatic N) is 2. The van der Waals surface area contributed by atoms with E-state index in [1.165, 1.54) is 0 Å². The summed E-state index contributed by atoms with van der Waals surface area (Å²) in [6, 6.07) is 22.5. The van der Waals surface area contributed by atoms with Gasteiger partial charge in [-0.15, -0.1) is 0 Å². The van der Waals surface area contributed by atoms with E-state index in [1.54, 1.807) is 26.5 Å². The van der Waals surface area contributed by atoms with Crippen LogP contribution < -0.4 is 25.7 Å². The Morgan fingerprint density at radius 3 is 2.32 bits per heavy atom. The van der Waals surface area contributed by atoms with Gasteiger partial charge in [-0.1, -0.05) is 23.7 Å². The third kappa shape index (κ3) is 5.49. The Kier molecular flexibility index (Phi) is 6.91. The topological polar surface area (TPSA) is 101 Å². The van der Waals surface area contributed by atoms with E-state index in [1.807, 2.05) is 66.7 Å². The zero-order chi connectivity index (χ0) is 25.8. The number of rotatable bonds is 8. The maximum atomic E-state index is 12.6. The summed E-state index contributed by atoms with van der Waals surface area (Å²) >= 11 is 5.98. The number of aromatic amines is 1. The molecule has 37 heavy (non-hydrogen) atoms. The number of hydrogen-bond donors (Lipinski definition) is 3. The number of nitrogens with one attached hydrogen (secondary N) is 3. The lowest BCUT2D eigenvalue weighted by Crippen LogP contribution is -2.15. The minimum absolute atomic E-state index is 0.164. The van der Waals surface area contributed by atoms with Gasteiger partial charge in [-0.05, 0) is 54.6 Å². The molecule has 2 heterocycles. The van der Waals surface area contributed by atoms with Crippen LogP contribution in [0.1, 0.15) is 5.56 Å². The standard InChI is InChI=1S/C28H24ClN5O3/c1-36-25-14-18-13-19(27(35)33-24(18)15-26(25)37-2)16-31-21-7-9-22(10-8-21)32-28-30-12-11-23(34-28)17-3-5-20(29)6-4-17/h3-15,31H,16H2,1-2H3,(H,33,35)(H,30,32,34). The highest BCUT2D eigenvalue weighted by atomic mass is 35.5. The van der Waals surface area contributed by atoms with Gasteiger partial charge in [-0.3, -0.25) is 4.79 Å². The van der Waals surface area contributed by atoms with Gasteiger partial charge in [0.05, 0.1) is 25.4 Å². The summed E-state index contributed by atoms with van der Waals surface area (Å²) in [5.74, 6) is 1.65. The zero-order valence-corrected chi connectivity index (χ0v) is 21.0. The van der Waals surface area contributed by atoms with Crippen molar-refractivity contribution < 1.29 is 9.47 Å². The Morgan fingerprint density at radius 1 is 0.892 bits per heavy atom. The van der Waals surface area contributed by atoms with Gasteiger partial charge in [0.25, 0.3) is 5.56 Å². The summed E-state index contributed by atoms with van der Waals surface area (Å²) in [5, 5.41) is 8.05. The molecule has 3 N–H and O–H groups in total. The highest BCUT2D eigenvalue weighted by molar-refractivity contribution is 6.30. The van der Waals surface area contributed by atoms with Crippen molar-refractivity contribution in [3.8, 4) is 22.8 Å². The number of halogens is 1. The van der Waals surface area contributed by atoms with E-state index in [0.29, 0.717) is 40.1 Å². The van der Waals surface area contributed by atoms with Gasteiger partial charge < -0.3 is 25.1 Å². The fraction of sp³-hybridized carbons (Fsp3) is 0.107. The van der Waals surface area contributed by atoms with Gasteiger partial charge in [0.15, 0.2) is 11.5 Å². The molecule has 186 valence electrons. The molecule has 0 spiro atoms. The molecule has 0 unspecified atom stereocenters. The van der Waals surface area contributed by atoms with E-state index in [4.69, 9.17) is 21.1 Å². The average Bonchev–Trinajstić information content (AvgIpc) is 2.92. The van der Waals surface area contributed by atoms with Crippen LogP contribution in [0.15, 0.2) is 83.8 Å². The zero-order valence-electron chi connectivity index (χ0n) is 20.2. The maximum absolute atomic E-state index is 12.6. The van der Waals surface area contributed by atoms with Gasteiger partial charge in [-0.25, -0.2) is 9.97 Å². The molecule has 0 aliphatic rings. The highest BCUT2D eigenvalue weighted by Crippen LogP contribution is 2.31. The monoisotopic (exact) mass is 513 g/mol. The van der Waals surface area contributed by atoms with Gasteiger partial charge >= 0.3 is 0 Å². The fourth-order valence-corrected chi connectivity index (χ4v) is 4.03. The molecule has 0 saturated carbocycles. The molecule has 0 fully saturated rings. The summed E-state index contributed by atoms with van der Waals surface area (Å²) in [4.78, 5) is 24.4. The van der Waals surface area contributed by atoms with Crippen molar-refractivity contribution in [1.29, 1.82) is 0 Å². The number of aromatic nitrogens is 3. The van der Waals surface area contributed by atoms with Crippen molar-refractivity contribution in [2.24, 2.45) is 0 Å². The lowest BCUT2D eigenvalue weighted by Gasteiger charge is -2.11. The summed E-state index contributed by atoms with van der Waals surface area (Å²) < 4.78 is 10.7. The minimum Gasteiger partial charge on any atom is -0.493 e. The molecule has 0 aliphatic heterocycles. The molecular weight excluding hydrogens is 490 g/mol. The lowest BCUT2D eigenvalue weighted by molar-refractivity contribution is 0.356. The van der Waals surface area contributed by atoms with Crippen LogP contribution in [0.2, 0.25) is 5.02 Å². The van der Waals surface area contributed by atoms with E-state index < -0.39 is 0 Å². The Morgan fingerprint density at radius 2 is 1.59 bits per heavy atom. The third-order valence-corrected chi connectivity index (χ3v) is 6.10. The first-order valence-corrected chi connectivity index (χ1v) is 11.9. The number of methoxy groups -OCH3 is 2. The van der Waals surface area contributed by atoms with E-state index in [2.05, 4.69) is 25.6 Å². The van der Waals surface area contributed by atoms with Crippen LogP contribution in [0.3, 0.4) is 0 Å². The molecule has 0 amide bonds. The van der Waals surface area contributed by atoms with Gasteiger partial charge in [-0.2, -0.15) is 0 Å². The summed E-state index contributed by atoms with van der Waals surface area (Å²) in [6.45, 7) is 0.360. The molecule has 0 saturated heterocycles. The average molecular weight is 514 g/mol. The third-order valence-electron chi connectivity index (χ3n) is 5.84. The molecule has 5 rings (SSSR count). The molecule has 9 heteroatoms. The highest BCUT2D eigenvalue weighted by Gasteiger charge is 2.10. The molecule has 0 bridgehead atoms. The van der Waals surface area contributed by atoms with Crippen molar-refractivity contribution in [3.05, 3.63) is 99.9 Å². The van der Waals surface area contributed by atoms with Crippen molar-refractivity contribution in [2.45, 2.75) is 6.54 Å². The number of H-pyrrole nitrogens is 1. The van der Waals surface area contributed by atoms with Crippen LogP contribution in [0.5, 0.6) is 11.5 Å². The Hall–Kier alpha value is -4.56. The molecule has 3 aromatic carbocycles. The first-order chi connectivity index (χ1) is 18.0. The van der Waals surface area contributed by atoms with Gasteiger partial charge in [0.1, 0.15) is 0 Å². The largest absolute Gasteiger partial charge is 0.493 e. The van der Waals surface area contributed by atoms with Crippen LogP contribution >= 0.6 is 11.6 Å². The number of ether oxygens (including phenoxy) is 2. The first-order valence-electron chi connectivity index (χ1n) is 11.5. The summed E-state index contributed by atoms with van der Waals surface area (Å²) in [6.07, 6.45) is 1.71. The fourth-order valence-electron chi connectivity index (χ4n) is 3.91. The van der Waals surface area contributed by atoms with E-state index in [0.717, 1.165) is 28.0 Å². The first kappa shape index (κ1) is 24.1. The summed E-state index contributed by atoms with van der Waals surface area (Å²) in [5.41, 5.74) is 4.58. The van der Waals surface area contributed by atoms with Crippen LogP contribution in [0, 0.1) is 0 Å². The molecule has 0 atom stereocenters. The number of benzene rings is 3. The minimum atomic E-state index is -0.164. The van der Waals surface area contributed by atoms with Gasteiger partial charge in [0.2, 0.25) is 5.95 Å². The van der Waals surface area contributed by atoms with Crippen LogP contribution in [-0.4, -0.2) is 29.2 Å². The number of pyridine rings is 1.